The van der Waals surface area contributed by atoms with Gasteiger partial charge in [0.05, 0.1) is 19.3 Å². The molecular formula is C35H50N2O2. The minimum absolute atomic E-state index is 0.302. The van der Waals surface area contributed by atoms with Crippen LogP contribution in [0.25, 0.3) is 11.1 Å². The summed E-state index contributed by atoms with van der Waals surface area (Å²) in [4.78, 5) is 9.23. The number of aromatic nitrogens is 2. The molecule has 0 saturated heterocycles. The zero-order valence-corrected chi connectivity index (χ0v) is 24.5. The molecule has 0 bridgehead atoms. The molecule has 1 unspecified atom stereocenters. The molecule has 212 valence electrons. The van der Waals surface area contributed by atoms with E-state index < -0.39 is 0 Å². The smallest absolute Gasteiger partial charge is 0.128 e. The first-order chi connectivity index (χ1) is 19.2. The van der Waals surface area contributed by atoms with Crippen molar-refractivity contribution in [1.82, 2.24) is 9.97 Å². The second kappa shape index (κ2) is 19.4. The van der Waals surface area contributed by atoms with Gasteiger partial charge >= 0.3 is 0 Å². The van der Waals surface area contributed by atoms with E-state index in [-0.39, 0.29) is 0 Å². The van der Waals surface area contributed by atoms with Crippen LogP contribution < -0.4 is 4.74 Å². The van der Waals surface area contributed by atoms with E-state index in [1.165, 1.54) is 69.8 Å². The van der Waals surface area contributed by atoms with E-state index in [1.807, 2.05) is 18.5 Å². The molecule has 0 saturated carbocycles. The van der Waals surface area contributed by atoms with E-state index in [0.29, 0.717) is 12.7 Å². The molecule has 0 aliphatic rings. The largest absolute Gasteiger partial charge is 0.494 e. The van der Waals surface area contributed by atoms with Crippen molar-refractivity contribution in [3.8, 4) is 16.9 Å². The molecule has 2 aromatic carbocycles. The van der Waals surface area contributed by atoms with Gasteiger partial charge in [0, 0.05) is 24.4 Å². The summed E-state index contributed by atoms with van der Waals surface area (Å²) in [5, 5.41) is 0. The minimum Gasteiger partial charge on any atom is -0.494 e. The van der Waals surface area contributed by atoms with Crippen LogP contribution in [0, 0.1) is 0 Å². The third-order valence-electron chi connectivity index (χ3n) is 7.30. The zero-order chi connectivity index (χ0) is 27.4. The van der Waals surface area contributed by atoms with E-state index in [0.717, 1.165) is 55.0 Å². The lowest BCUT2D eigenvalue weighted by Gasteiger charge is -2.13. The van der Waals surface area contributed by atoms with Crippen molar-refractivity contribution in [2.45, 2.75) is 116 Å². The minimum atomic E-state index is 0.302. The quantitative estimate of drug-likeness (QED) is 0.129. The third kappa shape index (κ3) is 13.3. The van der Waals surface area contributed by atoms with Crippen LogP contribution in [0.1, 0.15) is 109 Å². The van der Waals surface area contributed by atoms with E-state index in [1.54, 1.807) is 0 Å². The summed E-state index contributed by atoms with van der Waals surface area (Å²) >= 11 is 0. The Morgan fingerprint density at radius 2 is 1.31 bits per heavy atom. The van der Waals surface area contributed by atoms with Gasteiger partial charge in [0.25, 0.3) is 0 Å². The van der Waals surface area contributed by atoms with Crippen molar-refractivity contribution < 1.29 is 9.47 Å². The molecule has 0 amide bonds. The fourth-order valence-electron chi connectivity index (χ4n) is 4.77. The van der Waals surface area contributed by atoms with Crippen LogP contribution >= 0.6 is 0 Å². The highest BCUT2D eigenvalue weighted by Crippen LogP contribution is 2.22. The van der Waals surface area contributed by atoms with Gasteiger partial charge in [-0.25, -0.2) is 9.97 Å². The van der Waals surface area contributed by atoms with Crippen molar-refractivity contribution >= 4 is 0 Å². The van der Waals surface area contributed by atoms with Crippen LogP contribution in [0.5, 0.6) is 5.75 Å². The molecule has 1 aromatic heterocycles. The third-order valence-corrected chi connectivity index (χ3v) is 7.30. The van der Waals surface area contributed by atoms with Gasteiger partial charge in [-0.05, 0) is 49.4 Å². The molecule has 0 spiro atoms. The summed E-state index contributed by atoms with van der Waals surface area (Å²) in [6.45, 7) is 5.95. The molecule has 0 aliphatic carbocycles. The average Bonchev–Trinajstić information content (AvgIpc) is 2.98. The molecule has 0 N–H and O–H groups in total. The number of benzene rings is 2. The molecule has 4 nitrogen and oxygen atoms in total. The number of hydrogen-bond donors (Lipinski definition) is 0. The first-order valence-electron chi connectivity index (χ1n) is 15.4. The highest BCUT2D eigenvalue weighted by Gasteiger charge is 2.05. The van der Waals surface area contributed by atoms with Gasteiger partial charge < -0.3 is 9.47 Å². The standard InChI is InChI=1S/C35H50N2O2/c1-3-4-5-6-7-8-11-17-26-38-34-24-22-32(23-25-34)33-27-36-35(37-28-33)21-16-10-9-13-18-30(2)39-29-31-19-14-12-15-20-31/h12,14-15,19-20,22-25,27-28,30H,3-11,13,16-18,21,26,29H2,1-2H3. The topological polar surface area (TPSA) is 44.2 Å². The van der Waals surface area contributed by atoms with E-state index in [9.17, 15) is 0 Å². The van der Waals surface area contributed by atoms with Crippen molar-refractivity contribution in [2.75, 3.05) is 6.61 Å². The van der Waals surface area contributed by atoms with Crippen molar-refractivity contribution in [1.29, 1.82) is 0 Å². The van der Waals surface area contributed by atoms with E-state index in [4.69, 9.17) is 9.47 Å². The molecule has 1 heterocycles. The molecule has 39 heavy (non-hydrogen) atoms. The average molecular weight is 531 g/mol. The molecule has 0 aliphatic heterocycles. The van der Waals surface area contributed by atoms with Crippen LogP contribution in [0.2, 0.25) is 0 Å². The number of hydrogen-bond acceptors (Lipinski definition) is 4. The van der Waals surface area contributed by atoms with E-state index in [2.05, 4.69) is 72.3 Å². The Bertz CT molecular complexity index is 989. The van der Waals surface area contributed by atoms with Gasteiger partial charge in [-0.1, -0.05) is 114 Å². The molecule has 0 radical (unpaired) electrons. The Kier molecular flexibility index (Phi) is 15.3. The second-order valence-electron chi connectivity index (χ2n) is 10.8. The van der Waals surface area contributed by atoms with Crippen LogP contribution in [-0.2, 0) is 17.8 Å². The Morgan fingerprint density at radius 3 is 2.03 bits per heavy atom. The molecular weight excluding hydrogens is 480 g/mol. The highest BCUT2D eigenvalue weighted by atomic mass is 16.5. The van der Waals surface area contributed by atoms with Crippen molar-refractivity contribution in [3.05, 3.63) is 78.4 Å². The molecule has 0 fully saturated rings. The second-order valence-corrected chi connectivity index (χ2v) is 10.8. The first kappa shape index (κ1) is 30.8. The predicted molar refractivity (Wildman–Crippen MR) is 163 cm³/mol. The van der Waals surface area contributed by atoms with Crippen LogP contribution in [0.4, 0.5) is 0 Å². The maximum absolute atomic E-state index is 5.97. The lowest BCUT2D eigenvalue weighted by molar-refractivity contribution is 0.0459. The SMILES string of the molecule is CCCCCCCCCCOc1ccc(-c2cnc(CCCCCCC(C)OCc3ccccc3)nc2)cc1. The molecule has 3 aromatic rings. The molecule has 4 heteroatoms. The fraction of sp³-hybridized carbons (Fsp3) is 0.543. The summed E-state index contributed by atoms with van der Waals surface area (Å²) in [6, 6.07) is 18.7. The lowest BCUT2D eigenvalue weighted by Crippen LogP contribution is -2.07. The summed E-state index contributed by atoms with van der Waals surface area (Å²) < 4.78 is 11.9. The van der Waals surface area contributed by atoms with Crippen LogP contribution in [0.15, 0.2) is 67.0 Å². The molecule has 1 atom stereocenters. The van der Waals surface area contributed by atoms with Gasteiger partial charge in [-0.2, -0.15) is 0 Å². The zero-order valence-electron chi connectivity index (χ0n) is 24.5. The number of aryl methyl sites for hydroxylation is 1. The van der Waals surface area contributed by atoms with Gasteiger partial charge in [0.1, 0.15) is 11.6 Å². The van der Waals surface area contributed by atoms with Crippen LogP contribution in [-0.4, -0.2) is 22.7 Å². The number of nitrogens with zero attached hydrogens (tertiary/aromatic N) is 2. The summed E-state index contributed by atoms with van der Waals surface area (Å²) in [6.07, 6.45) is 21.6. The fourth-order valence-corrected chi connectivity index (χ4v) is 4.77. The Hall–Kier alpha value is -2.72. The lowest BCUT2D eigenvalue weighted by atomic mass is 10.1. The number of ether oxygens (including phenoxy) is 2. The van der Waals surface area contributed by atoms with Crippen molar-refractivity contribution in [2.24, 2.45) is 0 Å². The van der Waals surface area contributed by atoms with Crippen molar-refractivity contribution in [3.63, 3.8) is 0 Å². The predicted octanol–water partition coefficient (Wildman–Crippen LogP) is 9.76. The summed E-state index contributed by atoms with van der Waals surface area (Å²) in [7, 11) is 0. The normalized spacial score (nSPS) is 11.9. The Balaban J connectivity index is 1.23. The van der Waals surface area contributed by atoms with Gasteiger partial charge in [-0.3, -0.25) is 0 Å². The first-order valence-corrected chi connectivity index (χ1v) is 15.4. The maximum Gasteiger partial charge on any atom is 0.128 e. The van der Waals surface area contributed by atoms with Gasteiger partial charge in [-0.15, -0.1) is 0 Å². The Morgan fingerprint density at radius 1 is 0.667 bits per heavy atom. The summed E-state index contributed by atoms with van der Waals surface area (Å²) in [5.74, 6) is 1.88. The Labute approximate surface area is 237 Å². The maximum atomic E-state index is 5.97. The number of unbranched alkanes of at least 4 members (excludes halogenated alkanes) is 10. The van der Waals surface area contributed by atoms with Gasteiger partial charge in [0.2, 0.25) is 0 Å². The summed E-state index contributed by atoms with van der Waals surface area (Å²) in [5.41, 5.74) is 3.42. The monoisotopic (exact) mass is 530 g/mol. The van der Waals surface area contributed by atoms with E-state index >= 15 is 0 Å². The molecule has 3 rings (SSSR count). The number of rotatable bonds is 21. The highest BCUT2D eigenvalue weighted by molar-refractivity contribution is 5.62. The van der Waals surface area contributed by atoms with Gasteiger partial charge in [0.15, 0.2) is 0 Å². The van der Waals surface area contributed by atoms with Crippen LogP contribution in [0.3, 0.4) is 0 Å².